The first-order valence-electron chi connectivity index (χ1n) is 11.1. The van der Waals surface area contributed by atoms with Crippen LogP contribution < -0.4 is 9.62 Å². The summed E-state index contributed by atoms with van der Waals surface area (Å²) >= 11 is 0. The van der Waals surface area contributed by atoms with Gasteiger partial charge in [-0.05, 0) is 67.7 Å². The van der Waals surface area contributed by atoms with E-state index in [4.69, 9.17) is 0 Å². The van der Waals surface area contributed by atoms with E-state index in [1.807, 2.05) is 12.1 Å². The molecule has 8 heteroatoms. The predicted octanol–water partition coefficient (Wildman–Crippen LogP) is 3.67. The van der Waals surface area contributed by atoms with E-state index in [0.717, 1.165) is 31.5 Å². The zero-order valence-electron chi connectivity index (χ0n) is 18.6. The SMILES string of the molecule is CS(=O)(=O)N(CCCC(=O)NCc1cccc(CN2CCCCC2)c1)c1ccc(F)cc1. The van der Waals surface area contributed by atoms with Gasteiger partial charge in [0.25, 0.3) is 0 Å². The Hall–Kier alpha value is -2.45. The Morgan fingerprint density at radius 3 is 2.44 bits per heavy atom. The van der Waals surface area contributed by atoms with Gasteiger partial charge in [0, 0.05) is 26.1 Å². The number of nitrogens with one attached hydrogen (secondary N) is 1. The van der Waals surface area contributed by atoms with Crippen molar-refractivity contribution in [1.29, 1.82) is 0 Å². The fourth-order valence-corrected chi connectivity index (χ4v) is 4.95. The molecule has 1 aliphatic rings. The van der Waals surface area contributed by atoms with Crippen molar-refractivity contribution < 1.29 is 17.6 Å². The molecule has 1 N–H and O–H groups in total. The highest BCUT2D eigenvalue weighted by atomic mass is 32.2. The molecule has 0 aromatic heterocycles. The molecule has 6 nitrogen and oxygen atoms in total. The second kappa shape index (κ2) is 11.4. The van der Waals surface area contributed by atoms with E-state index in [9.17, 15) is 17.6 Å². The molecule has 0 atom stereocenters. The van der Waals surface area contributed by atoms with Crippen LogP contribution in [-0.4, -0.2) is 45.1 Å². The maximum Gasteiger partial charge on any atom is 0.232 e. The van der Waals surface area contributed by atoms with Gasteiger partial charge in [-0.25, -0.2) is 12.8 Å². The van der Waals surface area contributed by atoms with Crippen LogP contribution in [0.25, 0.3) is 0 Å². The van der Waals surface area contributed by atoms with Crippen LogP contribution in [0.3, 0.4) is 0 Å². The van der Waals surface area contributed by atoms with E-state index >= 15 is 0 Å². The number of carbonyl (C=O) groups excluding carboxylic acids is 1. The van der Waals surface area contributed by atoms with Crippen molar-refractivity contribution in [2.45, 2.75) is 45.2 Å². The van der Waals surface area contributed by atoms with Crippen LogP contribution in [0.4, 0.5) is 10.1 Å². The van der Waals surface area contributed by atoms with Crippen molar-refractivity contribution in [1.82, 2.24) is 10.2 Å². The summed E-state index contributed by atoms with van der Waals surface area (Å²) in [6.07, 6.45) is 5.51. The molecule has 0 spiro atoms. The molecule has 1 fully saturated rings. The number of piperidine rings is 1. The van der Waals surface area contributed by atoms with Crippen LogP contribution in [0.5, 0.6) is 0 Å². The lowest BCUT2D eigenvalue weighted by atomic mass is 10.1. The summed E-state index contributed by atoms with van der Waals surface area (Å²) in [4.78, 5) is 14.8. The molecule has 2 aromatic rings. The van der Waals surface area contributed by atoms with E-state index in [1.54, 1.807) is 0 Å². The maximum atomic E-state index is 13.1. The summed E-state index contributed by atoms with van der Waals surface area (Å²) in [5.74, 6) is -0.555. The van der Waals surface area contributed by atoms with E-state index in [2.05, 4.69) is 22.3 Å². The third kappa shape index (κ3) is 7.60. The normalized spacial score (nSPS) is 14.8. The number of halogens is 1. The van der Waals surface area contributed by atoms with Crippen molar-refractivity contribution in [3.05, 3.63) is 65.5 Å². The monoisotopic (exact) mass is 461 g/mol. The lowest BCUT2D eigenvalue weighted by molar-refractivity contribution is -0.121. The highest BCUT2D eigenvalue weighted by Gasteiger charge is 2.17. The van der Waals surface area contributed by atoms with Gasteiger partial charge in [0.15, 0.2) is 0 Å². The number of benzene rings is 2. The minimum atomic E-state index is -3.53. The minimum Gasteiger partial charge on any atom is -0.352 e. The molecular formula is C24H32FN3O3S. The van der Waals surface area contributed by atoms with E-state index < -0.39 is 15.8 Å². The first kappa shape index (κ1) is 24.2. The highest BCUT2D eigenvalue weighted by molar-refractivity contribution is 7.92. The standard InChI is InChI=1S/C24H32FN3O3S/c1-32(30,31)28(23-12-10-22(25)11-13-23)16-6-9-24(29)26-18-20-7-5-8-21(17-20)19-27-14-3-2-4-15-27/h5,7-8,10-13,17H,2-4,6,9,14-16,18-19H2,1H3,(H,26,29). The van der Waals surface area contributed by atoms with Gasteiger partial charge in [-0.15, -0.1) is 0 Å². The lowest BCUT2D eigenvalue weighted by Crippen LogP contribution is -2.32. The molecular weight excluding hydrogens is 429 g/mol. The van der Waals surface area contributed by atoms with Gasteiger partial charge in [-0.1, -0.05) is 30.7 Å². The van der Waals surface area contributed by atoms with Crippen molar-refractivity contribution in [2.24, 2.45) is 0 Å². The summed E-state index contributed by atoms with van der Waals surface area (Å²) in [5, 5.41) is 2.92. The van der Waals surface area contributed by atoms with Crippen molar-refractivity contribution in [3.8, 4) is 0 Å². The van der Waals surface area contributed by atoms with Crippen LogP contribution in [0.2, 0.25) is 0 Å². The quantitative estimate of drug-likeness (QED) is 0.586. The first-order chi connectivity index (χ1) is 15.3. The van der Waals surface area contributed by atoms with Gasteiger partial charge in [-0.2, -0.15) is 0 Å². The van der Waals surface area contributed by atoms with E-state index in [1.165, 1.54) is 53.4 Å². The Morgan fingerprint density at radius 2 is 1.75 bits per heavy atom. The second-order valence-corrected chi connectivity index (χ2v) is 10.3. The average molecular weight is 462 g/mol. The van der Waals surface area contributed by atoms with E-state index in [-0.39, 0.29) is 18.9 Å². The van der Waals surface area contributed by atoms with Crippen LogP contribution in [0.15, 0.2) is 48.5 Å². The Bertz CT molecular complexity index is 990. The molecule has 0 saturated carbocycles. The van der Waals surface area contributed by atoms with Crippen LogP contribution in [-0.2, 0) is 27.9 Å². The number of nitrogens with zero attached hydrogens (tertiary/aromatic N) is 2. The van der Waals surface area contributed by atoms with Gasteiger partial charge in [0.05, 0.1) is 11.9 Å². The molecule has 174 valence electrons. The Morgan fingerprint density at radius 1 is 1.06 bits per heavy atom. The van der Waals surface area contributed by atoms with Gasteiger partial charge < -0.3 is 5.32 Å². The summed E-state index contributed by atoms with van der Waals surface area (Å²) < 4.78 is 38.6. The lowest BCUT2D eigenvalue weighted by Gasteiger charge is -2.26. The predicted molar refractivity (Wildman–Crippen MR) is 125 cm³/mol. The fraction of sp³-hybridized carbons (Fsp3) is 0.458. The topological polar surface area (TPSA) is 69.7 Å². The Balaban J connectivity index is 1.46. The number of likely N-dealkylation sites (tertiary alicyclic amines) is 1. The van der Waals surface area contributed by atoms with Crippen LogP contribution in [0, 0.1) is 5.82 Å². The summed E-state index contributed by atoms with van der Waals surface area (Å²) in [5.41, 5.74) is 2.69. The summed E-state index contributed by atoms with van der Waals surface area (Å²) in [7, 11) is -3.53. The molecule has 1 aliphatic heterocycles. The van der Waals surface area contributed by atoms with Crippen molar-refractivity contribution in [3.63, 3.8) is 0 Å². The molecule has 0 aliphatic carbocycles. The number of sulfonamides is 1. The van der Waals surface area contributed by atoms with E-state index in [0.29, 0.717) is 18.7 Å². The molecule has 1 heterocycles. The zero-order valence-corrected chi connectivity index (χ0v) is 19.4. The third-order valence-electron chi connectivity index (χ3n) is 5.62. The number of amides is 1. The van der Waals surface area contributed by atoms with Crippen LogP contribution >= 0.6 is 0 Å². The molecule has 0 radical (unpaired) electrons. The van der Waals surface area contributed by atoms with Crippen molar-refractivity contribution >= 4 is 21.6 Å². The molecule has 3 rings (SSSR count). The molecule has 1 saturated heterocycles. The number of hydrogen-bond acceptors (Lipinski definition) is 4. The average Bonchev–Trinajstić information content (AvgIpc) is 2.76. The number of carbonyl (C=O) groups is 1. The molecule has 0 unspecified atom stereocenters. The van der Waals surface area contributed by atoms with Crippen LogP contribution in [0.1, 0.15) is 43.2 Å². The molecule has 1 amide bonds. The van der Waals surface area contributed by atoms with Gasteiger partial charge >= 0.3 is 0 Å². The summed E-state index contributed by atoms with van der Waals surface area (Å²) in [6, 6.07) is 13.6. The van der Waals surface area contributed by atoms with Crippen molar-refractivity contribution in [2.75, 3.05) is 30.2 Å². The fourth-order valence-electron chi connectivity index (χ4n) is 3.98. The highest BCUT2D eigenvalue weighted by Crippen LogP contribution is 2.19. The Labute approximate surface area is 190 Å². The smallest absolute Gasteiger partial charge is 0.232 e. The van der Waals surface area contributed by atoms with Gasteiger partial charge in [-0.3, -0.25) is 14.0 Å². The molecule has 0 bridgehead atoms. The Kier molecular flexibility index (Phi) is 8.64. The number of anilines is 1. The second-order valence-electron chi connectivity index (χ2n) is 8.35. The number of hydrogen-bond donors (Lipinski definition) is 1. The summed E-state index contributed by atoms with van der Waals surface area (Å²) in [6.45, 7) is 3.82. The third-order valence-corrected chi connectivity index (χ3v) is 6.81. The zero-order chi connectivity index (χ0) is 23.0. The minimum absolute atomic E-state index is 0.126. The number of rotatable bonds is 10. The van der Waals surface area contributed by atoms with Gasteiger partial charge in [0.2, 0.25) is 15.9 Å². The first-order valence-corrected chi connectivity index (χ1v) is 13.0. The molecule has 32 heavy (non-hydrogen) atoms. The largest absolute Gasteiger partial charge is 0.352 e. The maximum absolute atomic E-state index is 13.1. The molecule has 2 aromatic carbocycles. The van der Waals surface area contributed by atoms with Gasteiger partial charge in [0.1, 0.15) is 5.82 Å².